The third-order valence-corrected chi connectivity index (χ3v) is 1.50. The molecule has 0 heterocycles. The molecule has 1 aliphatic rings. The fourth-order valence-corrected chi connectivity index (χ4v) is 0.957. The molecular weight excluding hydrogens is 102 g/mol. The number of rotatable bonds is 1. The highest BCUT2D eigenvalue weighted by Gasteiger charge is 2.12. The summed E-state index contributed by atoms with van der Waals surface area (Å²) in [6.45, 7) is 0.275. The van der Waals surface area contributed by atoms with Gasteiger partial charge in [-0.05, 0) is 18.8 Å². The second-order valence-electron chi connectivity index (χ2n) is 2.27. The van der Waals surface area contributed by atoms with Crippen LogP contribution in [0.1, 0.15) is 12.8 Å². The predicted molar refractivity (Wildman–Crippen MR) is 32.1 cm³/mol. The summed E-state index contributed by atoms with van der Waals surface area (Å²) < 4.78 is 0. The van der Waals surface area contributed by atoms with E-state index in [4.69, 9.17) is 10.8 Å². The van der Waals surface area contributed by atoms with Gasteiger partial charge >= 0.3 is 0 Å². The van der Waals surface area contributed by atoms with E-state index in [9.17, 15) is 0 Å². The Morgan fingerprint density at radius 2 is 2.62 bits per heavy atom. The minimum Gasteiger partial charge on any atom is -0.402 e. The largest absolute Gasteiger partial charge is 0.402 e. The fourth-order valence-electron chi connectivity index (χ4n) is 0.957. The van der Waals surface area contributed by atoms with Crippen LogP contribution in [0.3, 0.4) is 0 Å². The molecule has 0 aliphatic heterocycles. The van der Waals surface area contributed by atoms with Crippen molar-refractivity contribution < 1.29 is 5.11 Å². The summed E-state index contributed by atoms with van der Waals surface area (Å²) in [5.41, 5.74) is 6.38. The molecule has 0 radical (unpaired) electrons. The highest BCUT2D eigenvalue weighted by atomic mass is 16.3. The first-order chi connectivity index (χ1) is 3.83. The molecule has 0 aromatic carbocycles. The Hall–Kier alpha value is -0.500. The predicted octanol–water partition coefficient (Wildman–Crippen LogP) is 0.231. The van der Waals surface area contributed by atoms with E-state index in [1.807, 2.05) is 6.08 Å². The summed E-state index contributed by atoms with van der Waals surface area (Å²) in [7, 11) is 0. The van der Waals surface area contributed by atoms with Gasteiger partial charge in [-0.15, -0.1) is 0 Å². The third-order valence-electron chi connectivity index (χ3n) is 1.50. The van der Waals surface area contributed by atoms with Crippen molar-refractivity contribution in [1.82, 2.24) is 0 Å². The summed E-state index contributed by atoms with van der Waals surface area (Å²) in [6, 6.07) is 0. The first kappa shape index (κ1) is 5.63. The normalized spacial score (nSPS) is 28.1. The van der Waals surface area contributed by atoms with Crippen molar-refractivity contribution in [2.45, 2.75) is 12.8 Å². The van der Waals surface area contributed by atoms with Crippen molar-refractivity contribution in [3.05, 3.63) is 11.8 Å². The zero-order chi connectivity index (χ0) is 5.98. The summed E-state index contributed by atoms with van der Waals surface area (Å²) in [6.07, 6.45) is 3.83. The van der Waals surface area contributed by atoms with Gasteiger partial charge in [-0.3, -0.25) is 0 Å². The van der Waals surface area contributed by atoms with Gasteiger partial charge in [0.05, 0.1) is 0 Å². The average molecular weight is 113 g/mol. The quantitative estimate of drug-likeness (QED) is 0.511. The molecule has 0 bridgehead atoms. The van der Waals surface area contributed by atoms with Crippen LogP contribution in [0.15, 0.2) is 11.8 Å². The smallest absolute Gasteiger partial charge is 0.0465 e. The minimum atomic E-state index is 0.275. The number of allylic oxidation sites excluding steroid dienone is 2. The molecule has 1 aliphatic carbocycles. The average Bonchev–Trinajstić information content (AvgIpc) is 2.14. The summed E-state index contributed by atoms with van der Waals surface area (Å²) >= 11 is 0. The fraction of sp³-hybridized carbons (Fsp3) is 0.667. The van der Waals surface area contributed by atoms with Crippen LogP contribution in [0.25, 0.3) is 0 Å². The lowest BCUT2D eigenvalue weighted by molar-refractivity contribution is 0.232. The zero-order valence-corrected chi connectivity index (χ0v) is 4.80. The Kier molecular flexibility index (Phi) is 1.53. The molecule has 2 nitrogen and oxygen atoms in total. The number of nitrogens with two attached hydrogens (primary N) is 1. The van der Waals surface area contributed by atoms with Crippen molar-refractivity contribution in [2.75, 3.05) is 6.61 Å². The van der Waals surface area contributed by atoms with Crippen LogP contribution in [-0.2, 0) is 0 Å². The minimum absolute atomic E-state index is 0.275. The lowest BCUT2D eigenvalue weighted by Crippen LogP contribution is -2.02. The second-order valence-corrected chi connectivity index (χ2v) is 2.27. The first-order valence-electron chi connectivity index (χ1n) is 2.88. The Balaban J connectivity index is 2.32. The molecule has 0 amide bonds. The van der Waals surface area contributed by atoms with Crippen LogP contribution in [0, 0.1) is 5.92 Å². The molecule has 2 heteroatoms. The number of hydrogen-bond acceptors (Lipinski definition) is 2. The highest BCUT2D eigenvalue weighted by Crippen LogP contribution is 2.19. The van der Waals surface area contributed by atoms with Crippen LogP contribution >= 0.6 is 0 Å². The van der Waals surface area contributed by atoms with Gasteiger partial charge in [0.1, 0.15) is 0 Å². The van der Waals surface area contributed by atoms with E-state index in [-0.39, 0.29) is 6.61 Å². The van der Waals surface area contributed by atoms with E-state index in [2.05, 4.69) is 0 Å². The summed E-state index contributed by atoms with van der Waals surface area (Å²) in [4.78, 5) is 0. The molecule has 0 spiro atoms. The van der Waals surface area contributed by atoms with Gasteiger partial charge in [0.15, 0.2) is 0 Å². The maximum atomic E-state index is 8.59. The molecule has 0 aromatic heterocycles. The topological polar surface area (TPSA) is 46.2 Å². The van der Waals surface area contributed by atoms with Crippen LogP contribution in [0.5, 0.6) is 0 Å². The molecule has 0 saturated carbocycles. The van der Waals surface area contributed by atoms with Gasteiger partial charge in [-0.2, -0.15) is 0 Å². The van der Waals surface area contributed by atoms with Crippen molar-refractivity contribution in [3.8, 4) is 0 Å². The first-order valence-corrected chi connectivity index (χ1v) is 2.88. The monoisotopic (exact) mass is 113 g/mol. The molecule has 8 heavy (non-hydrogen) atoms. The maximum Gasteiger partial charge on any atom is 0.0465 e. The van der Waals surface area contributed by atoms with Gasteiger partial charge in [-0.25, -0.2) is 0 Å². The molecular formula is C6H11NO. The Bertz CT molecular complexity index is 109. The van der Waals surface area contributed by atoms with Crippen LogP contribution in [0.4, 0.5) is 0 Å². The molecule has 0 saturated heterocycles. The van der Waals surface area contributed by atoms with Gasteiger partial charge in [0.25, 0.3) is 0 Å². The van der Waals surface area contributed by atoms with E-state index >= 15 is 0 Å². The van der Waals surface area contributed by atoms with E-state index in [1.54, 1.807) is 0 Å². The van der Waals surface area contributed by atoms with E-state index in [0.29, 0.717) is 5.92 Å². The van der Waals surface area contributed by atoms with Crippen molar-refractivity contribution in [2.24, 2.45) is 11.7 Å². The molecule has 1 atom stereocenters. The zero-order valence-electron chi connectivity index (χ0n) is 4.80. The Labute approximate surface area is 49.0 Å². The second kappa shape index (κ2) is 2.18. The highest BCUT2D eigenvalue weighted by molar-refractivity contribution is 5.05. The number of aliphatic hydroxyl groups is 1. The van der Waals surface area contributed by atoms with Gasteiger partial charge < -0.3 is 10.8 Å². The van der Waals surface area contributed by atoms with Gasteiger partial charge in [0.2, 0.25) is 0 Å². The van der Waals surface area contributed by atoms with E-state index in [0.717, 1.165) is 18.5 Å². The third kappa shape index (κ3) is 1.01. The van der Waals surface area contributed by atoms with Crippen LogP contribution < -0.4 is 5.73 Å². The number of aliphatic hydroxyl groups excluding tert-OH is 1. The molecule has 46 valence electrons. The molecule has 1 rings (SSSR count). The van der Waals surface area contributed by atoms with E-state index < -0.39 is 0 Å². The molecule has 0 fully saturated rings. The van der Waals surface area contributed by atoms with E-state index in [1.165, 1.54) is 0 Å². The standard InChI is InChI=1S/C6H11NO/c7-6-2-1-5(3-6)4-8/h2,5,8H,1,3-4,7H2/t5-/m1/s1. The van der Waals surface area contributed by atoms with Crippen LogP contribution in [-0.4, -0.2) is 11.7 Å². The lowest BCUT2D eigenvalue weighted by Gasteiger charge is -2.01. The van der Waals surface area contributed by atoms with Crippen molar-refractivity contribution >= 4 is 0 Å². The van der Waals surface area contributed by atoms with Crippen LogP contribution in [0.2, 0.25) is 0 Å². The SMILES string of the molecule is NC1=CC[C@@H](CO)C1. The van der Waals surface area contributed by atoms with Gasteiger partial charge in [0, 0.05) is 12.3 Å². The Morgan fingerprint density at radius 3 is 2.88 bits per heavy atom. The van der Waals surface area contributed by atoms with Gasteiger partial charge in [-0.1, -0.05) is 6.08 Å². The molecule has 3 N–H and O–H groups in total. The molecule has 0 unspecified atom stereocenters. The lowest BCUT2D eigenvalue weighted by atomic mass is 10.1. The summed E-state index contributed by atoms with van der Waals surface area (Å²) in [5, 5.41) is 8.59. The van der Waals surface area contributed by atoms with Crippen molar-refractivity contribution in [3.63, 3.8) is 0 Å². The Morgan fingerprint density at radius 1 is 1.88 bits per heavy atom. The van der Waals surface area contributed by atoms with Crippen molar-refractivity contribution in [1.29, 1.82) is 0 Å². The maximum absolute atomic E-state index is 8.59. The summed E-state index contributed by atoms with van der Waals surface area (Å²) in [5.74, 6) is 0.412. The number of hydrogen-bond donors (Lipinski definition) is 2. The molecule has 0 aromatic rings.